The Morgan fingerprint density at radius 1 is 1.26 bits per heavy atom. The van der Waals surface area contributed by atoms with Crippen LogP contribution >= 0.6 is 0 Å². The maximum atomic E-state index is 13.1. The molecule has 0 saturated heterocycles. The Hall–Kier alpha value is -3.85. The summed E-state index contributed by atoms with van der Waals surface area (Å²) in [6.45, 7) is 3.38. The van der Waals surface area contributed by atoms with Crippen molar-refractivity contribution in [3.8, 4) is 16.9 Å². The normalized spacial score (nSPS) is 14.1. The van der Waals surface area contributed by atoms with Gasteiger partial charge in [0.15, 0.2) is 6.61 Å². The molecular weight excluding hydrogens is 444 g/mol. The van der Waals surface area contributed by atoms with E-state index in [-0.39, 0.29) is 18.4 Å². The lowest BCUT2D eigenvalue weighted by Gasteiger charge is -2.21. The van der Waals surface area contributed by atoms with Crippen LogP contribution in [-0.4, -0.2) is 51.9 Å². The molecule has 2 aliphatic rings. The number of hydrogen-bond donors (Lipinski definition) is 2. The van der Waals surface area contributed by atoms with E-state index in [1.165, 1.54) is 16.1 Å². The lowest BCUT2D eigenvalue weighted by Crippen LogP contribution is -2.39. The Labute approximate surface area is 202 Å². The number of carbonyl (C=O) groups excluding carboxylic acids is 2. The van der Waals surface area contributed by atoms with E-state index >= 15 is 0 Å². The van der Waals surface area contributed by atoms with Crippen LogP contribution in [0.5, 0.6) is 5.75 Å². The summed E-state index contributed by atoms with van der Waals surface area (Å²) in [4.78, 5) is 25.3. The molecule has 4 aromatic rings. The second-order valence-electron chi connectivity index (χ2n) is 9.16. The monoisotopic (exact) mass is 472 g/mol. The molecule has 6 rings (SSSR count). The standard InChI is InChI=1S/C26H28N6O3/c1-5-32-20-9-6-14(35-13-21(33)31(4)27-2)10-16(20)23-17-11-28-26(34)24(17)22-15(25(23)32)7-8-19-18(22)12-30(3)29-19/h6,9-10,12,27H,5,7-8,11,13H2,1-4H3,(H,28,34). The maximum absolute atomic E-state index is 13.1. The smallest absolute Gasteiger partial charge is 0.274 e. The molecule has 0 fully saturated rings. The number of hydrazine groups is 1. The van der Waals surface area contributed by atoms with Crippen LogP contribution in [0.25, 0.3) is 32.9 Å². The minimum absolute atomic E-state index is 0.0274. The van der Waals surface area contributed by atoms with Crippen molar-refractivity contribution >= 4 is 33.6 Å². The first-order chi connectivity index (χ1) is 16.9. The van der Waals surface area contributed by atoms with Gasteiger partial charge in [-0.3, -0.25) is 19.3 Å². The van der Waals surface area contributed by atoms with Gasteiger partial charge >= 0.3 is 0 Å². The van der Waals surface area contributed by atoms with Crippen molar-refractivity contribution in [1.82, 2.24) is 30.1 Å². The van der Waals surface area contributed by atoms with Gasteiger partial charge in [0.2, 0.25) is 0 Å². The van der Waals surface area contributed by atoms with Gasteiger partial charge in [0.25, 0.3) is 11.8 Å². The van der Waals surface area contributed by atoms with E-state index in [0.29, 0.717) is 12.3 Å². The van der Waals surface area contributed by atoms with Gasteiger partial charge in [-0.15, -0.1) is 0 Å². The molecule has 9 nitrogen and oxygen atoms in total. The fourth-order valence-corrected chi connectivity index (χ4v) is 5.68. The number of nitrogens with zero attached hydrogens (tertiary/aromatic N) is 4. The van der Waals surface area contributed by atoms with Crippen molar-refractivity contribution in [2.75, 3.05) is 20.7 Å². The third kappa shape index (κ3) is 3.07. The zero-order valence-corrected chi connectivity index (χ0v) is 20.4. The Morgan fingerprint density at radius 2 is 2.09 bits per heavy atom. The summed E-state index contributed by atoms with van der Waals surface area (Å²) >= 11 is 0. The van der Waals surface area contributed by atoms with Crippen LogP contribution in [-0.2, 0) is 37.8 Å². The number of rotatable bonds is 5. The second-order valence-corrected chi connectivity index (χ2v) is 9.16. The number of benzene rings is 2. The highest BCUT2D eigenvalue weighted by atomic mass is 16.5. The number of amides is 2. The van der Waals surface area contributed by atoms with Crippen LogP contribution in [0.2, 0.25) is 0 Å². The van der Waals surface area contributed by atoms with Gasteiger partial charge in [0, 0.05) is 67.8 Å². The Morgan fingerprint density at radius 3 is 2.86 bits per heavy atom. The van der Waals surface area contributed by atoms with E-state index in [1.807, 2.05) is 30.1 Å². The van der Waals surface area contributed by atoms with Crippen molar-refractivity contribution in [3.63, 3.8) is 0 Å². The number of aromatic nitrogens is 3. The SMILES string of the molecule is CCn1c2ccc(OCC(=O)N(C)NC)cc2c2c3c(c4c(c21)CCc1nn(C)cc1-4)C(=O)NC3. The molecule has 180 valence electrons. The van der Waals surface area contributed by atoms with Gasteiger partial charge in [0.05, 0.1) is 16.8 Å². The van der Waals surface area contributed by atoms with Gasteiger partial charge in [-0.2, -0.15) is 5.10 Å². The molecule has 0 unspecified atom stereocenters. The molecule has 35 heavy (non-hydrogen) atoms. The summed E-state index contributed by atoms with van der Waals surface area (Å²) in [5.74, 6) is 0.435. The summed E-state index contributed by atoms with van der Waals surface area (Å²) in [5, 5.41) is 11.3. The molecular formula is C26H28N6O3. The van der Waals surface area contributed by atoms with E-state index in [2.05, 4.69) is 33.4 Å². The lowest BCUT2D eigenvalue weighted by molar-refractivity contribution is -0.134. The highest BCUT2D eigenvalue weighted by molar-refractivity contribution is 6.19. The number of aryl methyl sites for hydroxylation is 4. The fourth-order valence-electron chi connectivity index (χ4n) is 5.68. The molecule has 0 saturated carbocycles. The van der Waals surface area contributed by atoms with Gasteiger partial charge in [0.1, 0.15) is 5.75 Å². The number of likely N-dealkylation sites (N-methyl/N-ethyl adjacent to an activating group) is 1. The van der Waals surface area contributed by atoms with Gasteiger partial charge in [-0.05, 0) is 49.1 Å². The third-order valence-corrected chi connectivity index (χ3v) is 7.30. The van der Waals surface area contributed by atoms with Crippen LogP contribution in [0.1, 0.15) is 34.1 Å². The summed E-state index contributed by atoms with van der Waals surface area (Å²) in [5.41, 5.74) is 11.2. The Kier molecular flexibility index (Phi) is 4.86. The van der Waals surface area contributed by atoms with Crippen molar-refractivity contribution in [1.29, 1.82) is 0 Å². The van der Waals surface area contributed by atoms with Gasteiger partial charge in [-0.1, -0.05) is 0 Å². The van der Waals surface area contributed by atoms with E-state index in [9.17, 15) is 9.59 Å². The highest BCUT2D eigenvalue weighted by Crippen LogP contribution is 2.47. The number of hydrogen-bond acceptors (Lipinski definition) is 5. The molecule has 1 aliphatic heterocycles. The molecule has 2 amide bonds. The van der Waals surface area contributed by atoms with Crippen LogP contribution in [0.4, 0.5) is 0 Å². The third-order valence-electron chi connectivity index (χ3n) is 7.30. The van der Waals surface area contributed by atoms with Crippen molar-refractivity contribution in [2.24, 2.45) is 7.05 Å². The van der Waals surface area contributed by atoms with Crippen molar-refractivity contribution in [3.05, 3.63) is 46.8 Å². The molecule has 2 N–H and O–H groups in total. The Bertz CT molecular complexity index is 1550. The number of carbonyl (C=O) groups is 2. The predicted octanol–water partition coefficient (Wildman–Crippen LogP) is 2.53. The Balaban J connectivity index is 1.60. The van der Waals surface area contributed by atoms with Crippen LogP contribution < -0.4 is 15.5 Å². The van der Waals surface area contributed by atoms with Crippen molar-refractivity contribution in [2.45, 2.75) is 32.9 Å². The largest absolute Gasteiger partial charge is 0.484 e. The summed E-state index contributed by atoms with van der Waals surface area (Å²) in [7, 11) is 5.28. The number of ether oxygens (including phenoxy) is 1. The van der Waals surface area contributed by atoms with Gasteiger partial charge < -0.3 is 14.6 Å². The quantitative estimate of drug-likeness (QED) is 0.436. The van der Waals surface area contributed by atoms with Crippen LogP contribution in [0.15, 0.2) is 24.4 Å². The lowest BCUT2D eigenvalue weighted by atomic mass is 9.82. The molecule has 2 aromatic heterocycles. The van der Waals surface area contributed by atoms with Gasteiger partial charge in [-0.25, -0.2) is 5.43 Å². The zero-order valence-electron chi connectivity index (χ0n) is 20.4. The fraction of sp³-hybridized carbons (Fsp3) is 0.346. The average molecular weight is 473 g/mol. The minimum atomic E-state index is -0.166. The first-order valence-corrected chi connectivity index (χ1v) is 11.9. The highest BCUT2D eigenvalue weighted by Gasteiger charge is 2.35. The summed E-state index contributed by atoms with van der Waals surface area (Å²) in [6.07, 6.45) is 3.72. The average Bonchev–Trinajstić information content (AvgIpc) is 3.53. The molecule has 0 bridgehead atoms. The van der Waals surface area contributed by atoms with E-state index in [1.54, 1.807) is 14.1 Å². The van der Waals surface area contributed by atoms with E-state index in [4.69, 9.17) is 4.74 Å². The minimum Gasteiger partial charge on any atom is -0.484 e. The van der Waals surface area contributed by atoms with E-state index in [0.717, 1.165) is 63.6 Å². The zero-order chi connectivity index (χ0) is 24.4. The molecule has 0 atom stereocenters. The second kappa shape index (κ2) is 7.84. The topological polar surface area (TPSA) is 93.4 Å². The van der Waals surface area contributed by atoms with E-state index < -0.39 is 0 Å². The molecule has 3 heterocycles. The summed E-state index contributed by atoms with van der Waals surface area (Å²) in [6, 6.07) is 5.97. The molecule has 9 heteroatoms. The predicted molar refractivity (Wildman–Crippen MR) is 133 cm³/mol. The molecule has 0 radical (unpaired) electrons. The van der Waals surface area contributed by atoms with Crippen LogP contribution in [0, 0.1) is 0 Å². The maximum Gasteiger partial charge on any atom is 0.274 e. The molecule has 2 aromatic carbocycles. The van der Waals surface area contributed by atoms with Crippen LogP contribution in [0.3, 0.4) is 0 Å². The molecule has 1 aliphatic carbocycles. The number of fused-ring (bicyclic) bond motifs is 10. The molecule has 0 spiro atoms. The number of nitrogens with one attached hydrogen (secondary N) is 2. The first kappa shape index (κ1) is 21.7. The first-order valence-electron chi connectivity index (χ1n) is 11.9. The summed E-state index contributed by atoms with van der Waals surface area (Å²) < 4.78 is 10.0. The van der Waals surface area contributed by atoms with Crippen molar-refractivity contribution < 1.29 is 14.3 Å².